The highest BCUT2D eigenvalue weighted by atomic mass is 35.5. The normalized spacial score (nSPS) is 16.6. The van der Waals surface area contributed by atoms with Crippen LogP contribution in [0.25, 0.3) is 20.8 Å². The van der Waals surface area contributed by atoms with Crippen molar-refractivity contribution in [2.24, 2.45) is 0 Å². The Bertz CT molecular complexity index is 885. The summed E-state index contributed by atoms with van der Waals surface area (Å²) in [5.74, 6) is 0.0516. The molecule has 1 atom stereocenters. The molecule has 0 saturated carbocycles. The highest BCUT2D eigenvalue weighted by Crippen LogP contribution is 2.31. The van der Waals surface area contributed by atoms with Gasteiger partial charge in [-0.3, -0.25) is 4.79 Å². The van der Waals surface area contributed by atoms with Crippen LogP contribution >= 0.6 is 23.7 Å². The fraction of sp³-hybridized carbons (Fsp3) is 0.263. The van der Waals surface area contributed by atoms with Crippen LogP contribution in [0, 0.1) is 6.92 Å². The Labute approximate surface area is 157 Å². The van der Waals surface area contributed by atoms with Crippen molar-refractivity contribution in [1.29, 1.82) is 0 Å². The van der Waals surface area contributed by atoms with Gasteiger partial charge in [0, 0.05) is 11.3 Å². The first-order valence-electron chi connectivity index (χ1n) is 8.21. The van der Waals surface area contributed by atoms with Crippen LogP contribution in [0.1, 0.15) is 18.4 Å². The zero-order valence-corrected chi connectivity index (χ0v) is 15.5. The number of benzene rings is 2. The molecule has 25 heavy (non-hydrogen) atoms. The molecule has 0 spiro atoms. The first-order valence-corrected chi connectivity index (χ1v) is 9.02. The van der Waals surface area contributed by atoms with Crippen LogP contribution in [0.4, 0.5) is 5.69 Å². The zero-order valence-electron chi connectivity index (χ0n) is 13.9. The number of hydrogen-bond donors (Lipinski definition) is 2. The third-order valence-corrected chi connectivity index (χ3v) is 5.39. The second kappa shape index (κ2) is 7.52. The van der Waals surface area contributed by atoms with Gasteiger partial charge in [0.1, 0.15) is 5.01 Å². The molecule has 2 N–H and O–H groups in total. The summed E-state index contributed by atoms with van der Waals surface area (Å²) >= 11 is 1.70. The summed E-state index contributed by atoms with van der Waals surface area (Å²) in [6.45, 7) is 3.02. The van der Waals surface area contributed by atoms with Gasteiger partial charge in [0.25, 0.3) is 0 Å². The van der Waals surface area contributed by atoms with E-state index in [0.717, 1.165) is 41.2 Å². The van der Waals surface area contributed by atoms with E-state index in [1.165, 1.54) is 10.3 Å². The number of nitrogens with zero attached hydrogens (tertiary/aromatic N) is 1. The number of thiazole rings is 1. The quantitative estimate of drug-likeness (QED) is 0.716. The number of fused-ring (bicyclic) bond motifs is 1. The fourth-order valence-electron chi connectivity index (χ4n) is 2.99. The number of aryl methyl sites for hydroxylation is 1. The van der Waals surface area contributed by atoms with Gasteiger partial charge in [-0.1, -0.05) is 6.07 Å². The maximum Gasteiger partial charge on any atom is 0.241 e. The first kappa shape index (κ1) is 17.9. The van der Waals surface area contributed by atoms with Crippen molar-refractivity contribution in [2.45, 2.75) is 25.8 Å². The summed E-state index contributed by atoms with van der Waals surface area (Å²) in [7, 11) is 0. The monoisotopic (exact) mass is 373 g/mol. The summed E-state index contributed by atoms with van der Waals surface area (Å²) in [5, 5.41) is 7.20. The highest BCUT2D eigenvalue weighted by Gasteiger charge is 2.21. The lowest BCUT2D eigenvalue weighted by atomic mass is 10.2. The maximum absolute atomic E-state index is 12.1. The summed E-state index contributed by atoms with van der Waals surface area (Å²) in [5.41, 5.74) is 4.18. The number of anilines is 1. The molecular weight excluding hydrogens is 354 g/mol. The maximum atomic E-state index is 12.1. The average Bonchev–Trinajstić information content (AvgIpc) is 3.24. The van der Waals surface area contributed by atoms with Gasteiger partial charge in [-0.25, -0.2) is 4.98 Å². The third kappa shape index (κ3) is 3.84. The minimum atomic E-state index is -0.0582. The molecule has 4 rings (SSSR count). The number of nitrogens with one attached hydrogen (secondary N) is 2. The number of amides is 1. The second-order valence-electron chi connectivity index (χ2n) is 6.21. The van der Waals surface area contributed by atoms with Crippen molar-refractivity contribution in [3.8, 4) is 10.6 Å². The van der Waals surface area contributed by atoms with Crippen molar-refractivity contribution in [3.63, 3.8) is 0 Å². The molecule has 6 heteroatoms. The molecule has 1 aliphatic rings. The standard InChI is InChI=1S/C19H19N3OS.ClH/c1-12-4-9-15-17(11-12)24-19(22-15)13-5-7-14(8-6-13)21-18(23)16-3-2-10-20-16;/h4-9,11,16,20H,2-3,10H2,1H3,(H,21,23);1H. The number of carbonyl (C=O) groups excluding carboxylic acids is 1. The van der Waals surface area contributed by atoms with Crippen molar-refractivity contribution in [2.75, 3.05) is 11.9 Å². The number of aromatic nitrogens is 1. The van der Waals surface area contributed by atoms with Crippen LogP contribution in [0.3, 0.4) is 0 Å². The minimum Gasteiger partial charge on any atom is -0.325 e. The lowest BCUT2D eigenvalue weighted by Gasteiger charge is -2.11. The molecule has 130 valence electrons. The lowest BCUT2D eigenvalue weighted by Crippen LogP contribution is -2.35. The molecule has 2 aromatic carbocycles. The molecule has 1 amide bonds. The fourth-order valence-corrected chi connectivity index (χ4v) is 4.06. The van der Waals surface area contributed by atoms with E-state index in [4.69, 9.17) is 4.98 Å². The van der Waals surface area contributed by atoms with E-state index in [0.29, 0.717) is 0 Å². The number of carbonyl (C=O) groups is 1. The number of hydrogen-bond acceptors (Lipinski definition) is 4. The zero-order chi connectivity index (χ0) is 16.5. The average molecular weight is 374 g/mol. The van der Waals surface area contributed by atoms with E-state index in [1.807, 2.05) is 24.3 Å². The molecule has 0 radical (unpaired) electrons. The van der Waals surface area contributed by atoms with Gasteiger partial charge >= 0.3 is 0 Å². The highest BCUT2D eigenvalue weighted by molar-refractivity contribution is 7.21. The predicted molar refractivity (Wildman–Crippen MR) is 107 cm³/mol. The van der Waals surface area contributed by atoms with E-state index in [2.05, 4.69) is 35.8 Å². The van der Waals surface area contributed by atoms with E-state index >= 15 is 0 Å². The first-order chi connectivity index (χ1) is 11.7. The SMILES string of the molecule is Cc1ccc2nc(-c3ccc(NC(=O)C4CCCN4)cc3)sc2c1.Cl. The molecule has 2 heterocycles. The van der Waals surface area contributed by atoms with Gasteiger partial charge in [-0.15, -0.1) is 23.7 Å². The topological polar surface area (TPSA) is 54.0 Å². The number of rotatable bonds is 3. The Kier molecular flexibility index (Phi) is 5.37. The van der Waals surface area contributed by atoms with E-state index in [-0.39, 0.29) is 24.4 Å². The molecule has 0 bridgehead atoms. The van der Waals surface area contributed by atoms with Crippen LogP contribution in [0.15, 0.2) is 42.5 Å². The van der Waals surface area contributed by atoms with Gasteiger partial charge in [0.05, 0.1) is 16.3 Å². The molecule has 1 aliphatic heterocycles. The van der Waals surface area contributed by atoms with Gasteiger partial charge in [0.15, 0.2) is 0 Å². The van der Waals surface area contributed by atoms with Crippen molar-refractivity contribution in [1.82, 2.24) is 10.3 Å². The minimum absolute atomic E-state index is 0. The Morgan fingerprint density at radius 2 is 2.04 bits per heavy atom. The molecule has 0 aliphatic carbocycles. The molecule has 1 saturated heterocycles. The molecule has 3 aromatic rings. The van der Waals surface area contributed by atoms with Gasteiger partial charge < -0.3 is 10.6 Å². The van der Waals surface area contributed by atoms with Crippen LogP contribution in [0.5, 0.6) is 0 Å². The number of halogens is 1. The summed E-state index contributed by atoms with van der Waals surface area (Å²) in [6, 6.07) is 14.2. The Balaban J connectivity index is 0.00000182. The van der Waals surface area contributed by atoms with Crippen LogP contribution in [-0.4, -0.2) is 23.5 Å². The summed E-state index contributed by atoms with van der Waals surface area (Å²) in [4.78, 5) is 16.8. The summed E-state index contributed by atoms with van der Waals surface area (Å²) < 4.78 is 1.20. The van der Waals surface area contributed by atoms with Gasteiger partial charge in [0.2, 0.25) is 5.91 Å². The third-order valence-electron chi connectivity index (χ3n) is 4.32. The van der Waals surface area contributed by atoms with Crippen molar-refractivity contribution >= 4 is 45.6 Å². The molecule has 1 aromatic heterocycles. The largest absolute Gasteiger partial charge is 0.325 e. The molecule has 4 nitrogen and oxygen atoms in total. The lowest BCUT2D eigenvalue weighted by molar-refractivity contribution is -0.117. The smallest absolute Gasteiger partial charge is 0.241 e. The predicted octanol–water partition coefficient (Wildman–Crippen LogP) is 4.38. The second-order valence-corrected chi connectivity index (χ2v) is 7.24. The van der Waals surface area contributed by atoms with Gasteiger partial charge in [-0.2, -0.15) is 0 Å². The Morgan fingerprint density at radius 1 is 1.24 bits per heavy atom. The van der Waals surface area contributed by atoms with Crippen LogP contribution < -0.4 is 10.6 Å². The van der Waals surface area contributed by atoms with E-state index < -0.39 is 0 Å². The van der Waals surface area contributed by atoms with Crippen LogP contribution in [0.2, 0.25) is 0 Å². The van der Waals surface area contributed by atoms with Crippen molar-refractivity contribution < 1.29 is 4.79 Å². The Morgan fingerprint density at radius 3 is 2.76 bits per heavy atom. The molecule has 1 fully saturated rings. The van der Waals surface area contributed by atoms with E-state index in [9.17, 15) is 4.79 Å². The van der Waals surface area contributed by atoms with Crippen molar-refractivity contribution in [3.05, 3.63) is 48.0 Å². The molecule has 1 unspecified atom stereocenters. The molecular formula is C19H20ClN3OS. The van der Waals surface area contributed by atoms with Crippen LogP contribution in [-0.2, 0) is 4.79 Å². The Hall–Kier alpha value is -1.95. The van der Waals surface area contributed by atoms with Gasteiger partial charge in [-0.05, 0) is 68.3 Å². The van der Waals surface area contributed by atoms with E-state index in [1.54, 1.807) is 11.3 Å². The summed E-state index contributed by atoms with van der Waals surface area (Å²) in [6.07, 6.45) is 1.98.